The minimum absolute atomic E-state index is 0.128. The number of fused-ring (bicyclic) bond motifs is 12. The molecule has 0 N–H and O–H groups in total. The van der Waals surface area contributed by atoms with E-state index in [1.807, 2.05) is 11.3 Å². The molecular formula is C53H46N4OS. The molecule has 8 bridgehead atoms. The van der Waals surface area contributed by atoms with Gasteiger partial charge in [-0.25, -0.2) is 15.0 Å². The molecule has 0 atom stereocenters. The van der Waals surface area contributed by atoms with E-state index >= 15 is 0 Å². The Hall–Kier alpha value is -5.07. The van der Waals surface area contributed by atoms with E-state index in [2.05, 4.69) is 102 Å². The first-order valence-electron chi connectivity index (χ1n) is 22.6. The van der Waals surface area contributed by atoms with E-state index in [-0.39, 0.29) is 10.8 Å². The van der Waals surface area contributed by atoms with Crippen molar-refractivity contribution >= 4 is 75.3 Å². The Morgan fingerprint density at radius 1 is 0.525 bits per heavy atom. The summed E-state index contributed by atoms with van der Waals surface area (Å²) in [6, 6.07) is 35.6. The second-order valence-electron chi connectivity index (χ2n) is 20.4. The van der Waals surface area contributed by atoms with Crippen molar-refractivity contribution in [1.82, 2.24) is 19.5 Å². The van der Waals surface area contributed by atoms with E-state index in [4.69, 9.17) is 19.4 Å². The Morgan fingerprint density at radius 2 is 1.07 bits per heavy atom. The lowest BCUT2D eigenvalue weighted by Crippen LogP contribution is -2.51. The molecular weight excluding hydrogens is 741 g/mol. The van der Waals surface area contributed by atoms with E-state index in [9.17, 15) is 0 Å². The van der Waals surface area contributed by atoms with Crippen LogP contribution in [0.3, 0.4) is 0 Å². The van der Waals surface area contributed by atoms with Crippen LogP contribution in [0.4, 0.5) is 0 Å². The standard InChI is InChI=1S/C53H46N4OS/c1-4-10-40-37(7-1)44-46(43-38-8-2-5-11-41(38)58-47(43)45-39-9-3-6-12-42(39)59-48(44)45)57(40)36-15-13-35(14-16-36)49-54-50(52-23-29-17-30(24-52)19-31(18-29)25-52)56-51(55-49)53-26-32-20-33(27-53)22-34(21-32)28-53/h1-16,29-34H,17-28H2. The molecule has 9 aromatic rings. The lowest BCUT2D eigenvalue weighted by Gasteiger charge is -2.57. The first kappa shape index (κ1) is 32.7. The molecule has 8 aliphatic carbocycles. The van der Waals surface area contributed by atoms with Crippen LogP contribution in [0.5, 0.6) is 0 Å². The van der Waals surface area contributed by atoms with Gasteiger partial charge in [-0.3, -0.25) is 0 Å². The van der Waals surface area contributed by atoms with E-state index in [1.165, 1.54) is 124 Å². The van der Waals surface area contributed by atoms with Crippen molar-refractivity contribution in [3.8, 4) is 17.1 Å². The highest BCUT2D eigenvalue weighted by Gasteiger charge is 2.56. The van der Waals surface area contributed by atoms with Gasteiger partial charge < -0.3 is 8.98 Å². The molecule has 5 aromatic carbocycles. The zero-order valence-electron chi connectivity index (χ0n) is 33.3. The summed E-state index contributed by atoms with van der Waals surface area (Å²) < 4.78 is 11.9. The van der Waals surface area contributed by atoms with E-state index in [1.54, 1.807) is 0 Å². The second-order valence-corrected chi connectivity index (χ2v) is 21.5. The summed E-state index contributed by atoms with van der Waals surface area (Å²) in [5.41, 5.74) is 6.84. The number of hydrogen-bond donors (Lipinski definition) is 0. The Labute approximate surface area is 346 Å². The average molecular weight is 787 g/mol. The fourth-order valence-corrected chi connectivity index (χ4v) is 16.6. The highest BCUT2D eigenvalue weighted by molar-refractivity contribution is 7.27. The van der Waals surface area contributed by atoms with Crippen LogP contribution in [0, 0.1) is 35.5 Å². The molecule has 0 saturated heterocycles. The predicted octanol–water partition coefficient (Wildman–Crippen LogP) is 13.8. The van der Waals surface area contributed by atoms with Crippen molar-refractivity contribution < 1.29 is 4.42 Å². The molecule has 290 valence electrons. The van der Waals surface area contributed by atoms with Crippen LogP contribution in [0.25, 0.3) is 81.0 Å². The van der Waals surface area contributed by atoms with Gasteiger partial charge in [0.2, 0.25) is 0 Å². The van der Waals surface area contributed by atoms with Crippen molar-refractivity contribution in [3.05, 3.63) is 109 Å². The highest BCUT2D eigenvalue weighted by Crippen LogP contribution is 2.63. The summed E-state index contributed by atoms with van der Waals surface area (Å²) in [7, 11) is 0. The Kier molecular flexibility index (Phi) is 6.32. The van der Waals surface area contributed by atoms with Crippen molar-refractivity contribution in [2.24, 2.45) is 35.5 Å². The molecule has 4 aromatic heterocycles. The number of rotatable bonds is 4. The largest absolute Gasteiger partial charge is 0.455 e. The maximum Gasteiger partial charge on any atom is 0.163 e. The number of furan rings is 1. The van der Waals surface area contributed by atoms with Gasteiger partial charge in [0.1, 0.15) is 22.8 Å². The number of thiophene rings is 1. The normalized spacial score (nSPS) is 30.7. The third kappa shape index (κ3) is 4.44. The van der Waals surface area contributed by atoms with Crippen LogP contribution in [0.15, 0.2) is 101 Å². The lowest BCUT2D eigenvalue weighted by atomic mass is 9.49. The Morgan fingerprint density at radius 3 is 1.69 bits per heavy atom. The topological polar surface area (TPSA) is 56.7 Å². The van der Waals surface area contributed by atoms with Gasteiger partial charge in [0.25, 0.3) is 0 Å². The van der Waals surface area contributed by atoms with E-state index in [0.717, 1.165) is 80.8 Å². The number of para-hydroxylation sites is 2. The van der Waals surface area contributed by atoms with Gasteiger partial charge in [-0.1, -0.05) is 54.6 Å². The van der Waals surface area contributed by atoms with Crippen molar-refractivity contribution in [3.63, 3.8) is 0 Å². The quantitative estimate of drug-likeness (QED) is 0.178. The molecule has 6 heteroatoms. The monoisotopic (exact) mass is 786 g/mol. The van der Waals surface area contributed by atoms with Crippen molar-refractivity contribution in [2.45, 2.75) is 87.9 Å². The zero-order valence-corrected chi connectivity index (χ0v) is 34.1. The molecule has 8 saturated carbocycles. The van der Waals surface area contributed by atoms with Gasteiger partial charge in [0.05, 0.1) is 16.4 Å². The van der Waals surface area contributed by atoms with Crippen molar-refractivity contribution in [2.75, 3.05) is 0 Å². The molecule has 0 spiro atoms. The van der Waals surface area contributed by atoms with E-state index < -0.39 is 0 Å². The van der Waals surface area contributed by atoms with Gasteiger partial charge in [0, 0.05) is 58.4 Å². The van der Waals surface area contributed by atoms with Gasteiger partial charge in [-0.15, -0.1) is 11.3 Å². The van der Waals surface area contributed by atoms with Crippen LogP contribution in [0.1, 0.15) is 88.7 Å². The lowest BCUT2D eigenvalue weighted by molar-refractivity contribution is -0.0155. The molecule has 0 radical (unpaired) electrons. The van der Waals surface area contributed by atoms with Crippen LogP contribution in [0.2, 0.25) is 0 Å². The average Bonchev–Trinajstić information content (AvgIpc) is 3.93. The Balaban J connectivity index is 0.944. The summed E-state index contributed by atoms with van der Waals surface area (Å²) in [4.78, 5) is 16.9. The predicted molar refractivity (Wildman–Crippen MR) is 239 cm³/mol. The number of nitrogens with zero attached hydrogens (tertiary/aromatic N) is 4. The van der Waals surface area contributed by atoms with Crippen molar-refractivity contribution in [1.29, 1.82) is 0 Å². The van der Waals surface area contributed by atoms with Gasteiger partial charge in [-0.05, 0) is 155 Å². The van der Waals surface area contributed by atoms with Crippen LogP contribution in [-0.4, -0.2) is 19.5 Å². The first-order valence-corrected chi connectivity index (χ1v) is 23.4. The molecule has 0 aliphatic heterocycles. The molecule has 5 nitrogen and oxygen atoms in total. The van der Waals surface area contributed by atoms with Gasteiger partial charge in [-0.2, -0.15) is 0 Å². The maximum absolute atomic E-state index is 6.87. The number of aromatic nitrogens is 4. The minimum atomic E-state index is 0.128. The summed E-state index contributed by atoms with van der Waals surface area (Å²) in [5, 5.41) is 7.40. The smallest absolute Gasteiger partial charge is 0.163 e. The van der Waals surface area contributed by atoms with Crippen LogP contribution >= 0.6 is 11.3 Å². The van der Waals surface area contributed by atoms with Gasteiger partial charge >= 0.3 is 0 Å². The second kappa shape index (κ2) is 11.4. The Bertz CT molecular complexity index is 3090. The maximum atomic E-state index is 6.87. The number of benzene rings is 5. The molecule has 0 unspecified atom stereocenters. The third-order valence-corrected chi connectivity index (χ3v) is 18.0. The molecule has 0 amide bonds. The SMILES string of the molecule is c1ccc2c(c1)oc1c3c4ccccc4sc3c3c4ccccc4n(-c4ccc(-c5nc(C67CC8CC(CC(C8)C6)C7)nc(C67CC8CC(CC(C8)C6)C7)n5)cc4)c3c21. The van der Waals surface area contributed by atoms with Crippen LogP contribution < -0.4 is 0 Å². The number of hydrogen-bond acceptors (Lipinski definition) is 5. The summed E-state index contributed by atoms with van der Waals surface area (Å²) in [6.45, 7) is 0. The summed E-state index contributed by atoms with van der Waals surface area (Å²) in [6.07, 6.45) is 16.2. The van der Waals surface area contributed by atoms with E-state index in [0.29, 0.717) is 0 Å². The molecule has 17 rings (SSSR count). The molecule has 8 fully saturated rings. The van der Waals surface area contributed by atoms with Gasteiger partial charge in [0.15, 0.2) is 5.82 Å². The molecule has 4 heterocycles. The summed E-state index contributed by atoms with van der Waals surface area (Å²) >= 11 is 1.89. The molecule has 8 aliphatic rings. The zero-order chi connectivity index (χ0) is 38.2. The highest BCUT2D eigenvalue weighted by atomic mass is 32.1. The fraction of sp³-hybridized carbons (Fsp3) is 0.377. The fourth-order valence-electron chi connectivity index (χ4n) is 15.4. The minimum Gasteiger partial charge on any atom is -0.455 e. The first-order chi connectivity index (χ1) is 29.0. The molecule has 59 heavy (non-hydrogen) atoms. The van der Waals surface area contributed by atoms with Crippen LogP contribution in [-0.2, 0) is 10.8 Å². The summed E-state index contributed by atoms with van der Waals surface area (Å²) in [5.74, 6) is 8.31. The third-order valence-electron chi connectivity index (χ3n) is 16.8.